The Morgan fingerprint density at radius 2 is 2.46 bits per heavy atom. The van der Waals surface area contributed by atoms with Gasteiger partial charge in [0.2, 0.25) is 0 Å². The number of aliphatic hydroxyl groups is 1. The van der Waals surface area contributed by atoms with E-state index in [2.05, 4.69) is 11.8 Å². The maximum atomic E-state index is 11.2. The van der Waals surface area contributed by atoms with Gasteiger partial charge in [0.25, 0.3) is 0 Å². The summed E-state index contributed by atoms with van der Waals surface area (Å²) in [4.78, 5) is 11.2. The van der Waals surface area contributed by atoms with Gasteiger partial charge in [-0.05, 0) is 19.6 Å². The predicted octanol–water partition coefficient (Wildman–Crippen LogP) is -1.05. The second kappa shape index (κ2) is 4.38. The monoisotopic (exact) mass is 221 g/mol. The third-order valence-electron chi connectivity index (χ3n) is 1.74. The quantitative estimate of drug-likeness (QED) is 0.486. The van der Waals surface area contributed by atoms with Crippen LogP contribution in [0.2, 0.25) is 0 Å². The molecule has 1 unspecified atom stereocenters. The van der Waals surface area contributed by atoms with Crippen LogP contribution in [-0.4, -0.2) is 44.4 Å². The lowest BCUT2D eigenvalue weighted by atomic mass is 9.96. The highest BCUT2D eigenvalue weighted by atomic mass is 32.5. The Labute approximate surface area is 83.8 Å². The highest BCUT2D eigenvalue weighted by molar-refractivity contribution is 8.08. The van der Waals surface area contributed by atoms with Crippen molar-refractivity contribution in [2.45, 2.75) is 24.6 Å². The highest BCUT2D eigenvalue weighted by Crippen LogP contribution is 2.38. The molecule has 7 heteroatoms. The lowest BCUT2D eigenvalue weighted by molar-refractivity contribution is -0.186. The molecule has 13 heavy (non-hydrogen) atoms. The summed E-state index contributed by atoms with van der Waals surface area (Å²) in [5.74, 6) is 0. The third-order valence-corrected chi connectivity index (χ3v) is 2.65. The SMILES string of the molecule is [B][C@H]1C[C@@H](OP(C)([O-])=S)[C@@H](CO)O1. The maximum Gasteiger partial charge on any atom is 0.109 e. The van der Waals surface area contributed by atoms with Gasteiger partial charge in [0.15, 0.2) is 0 Å². The minimum atomic E-state index is -2.96. The lowest BCUT2D eigenvalue weighted by Crippen LogP contribution is -2.28. The van der Waals surface area contributed by atoms with Gasteiger partial charge in [-0.25, -0.2) is 0 Å². The highest BCUT2D eigenvalue weighted by Gasteiger charge is 2.33. The van der Waals surface area contributed by atoms with Crippen molar-refractivity contribution in [3.63, 3.8) is 0 Å². The minimum Gasteiger partial charge on any atom is -0.801 e. The zero-order valence-corrected chi connectivity index (χ0v) is 8.96. The van der Waals surface area contributed by atoms with Gasteiger partial charge in [-0.3, -0.25) is 0 Å². The number of aliphatic hydroxyl groups excluding tert-OH is 1. The van der Waals surface area contributed by atoms with Crippen molar-refractivity contribution in [2.24, 2.45) is 0 Å². The van der Waals surface area contributed by atoms with E-state index < -0.39 is 24.7 Å². The molecule has 1 saturated heterocycles. The Morgan fingerprint density at radius 3 is 2.92 bits per heavy atom. The molecule has 0 bridgehead atoms. The Hall–Kier alpha value is 0.555. The summed E-state index contributed by atoms with van der Waals surface area (Å²) < 4.78 is 10.2. The summed E-state index contributed by atoms with van der Waals surface area (Å²) in [6, 6.07) is -0.469. The molecule has 1 N–H and O–H groups in total. The molecule has 0 saturated carbocycles. The van der Waals surface area contributed by atoms with E-state index in [1.165, 1.54) is 6.66 Å². The van der Waals surface area contributed by atoms with E-state index in [-0.39, 0.29) is 6.61 Å². The number of hydrogen-bond donors (Lipinski definition) is 1. The number of rotatable bonds is 3. The van der Waals surface area contributed by atoms with E-state index in [9.17, 15) is 4.89 Å². The number of ether oxygens (including phenoxy) is 1. The van der Waals surface area contributed by atoms with Crippen LogP contribution in [0.25, 0.3) is 0 Å². The summed E-state index contributed by atoms with van der Waals surface area (Å²) in [6.45, 7) is -1.81. The van der Waals surface area contributed by atoms with Crippen molar-refractivity contribution >= 4 is 26.1 Å². The first kappa shape index (κ1) is 11.6. The molecule has 0 spiro atoms. The van der Waals surface area contributed by atoms with E-state index in [0.717, 1.165) is 0 Å². The van der Waals surface area contributed by atoms with Crippen LogP contribution in [0.4, 0.5) is 0 Å². The molecule has 0 amide bonds. The van der Waals surface area contributed by atoms with Crippen molar-refractivity contribution in [1.82, 2.24) is 0 Å². The van der Waals surface area contributed by atoms with Crippen molar-refractivity contribution in [3.8, 4) is 0 Å². The first-order valence-corrected chi connectivity index (χ1v) is 6.99. The molecule has 1 aliphatic rings. The largest absolute Gasteiger partial charge is 0.801 e. The second-order valence-corrected chi connectivity index (χ2v) is 6.79. The van der Waals surface area contributed by atoms with Crippen LogP contribution in [0.15, 0.2) is 0 Å². The summed E-state index contributed by atoms with van der Waals surface area (Å²) in [5, 5.41) is 8.87. The van der Waals surface area contributed by atoms with Gasteiger partial charge in [-0.15, -0.1) is 0 Å². The fraction of sp³-hybridized carbons (Fsp3) is 1.00. The van der Waals surface area contributed by atoms with Crippen LogP contribution in [0.3, 0.4) is 0 Å². The normalized spacial score (nSPS) is 38.8. The zero-order chi connectivity index (χ0) is 10.1. The molecule has 1 fully saturated rings. The minimum absolute atomic E-state index is 0.201. The molecule has 0 aromatic rings. The van der Waals surface area contributed by atoms with Crippen molar-refractivity contribution in [2.75, 3.05) is 13.3 Å². The van der Waals surface area contributed by atoms with Crippen LogP contribution in [0.1, 0.15) is 6.42 Å². The van der Waals surface area contributed by atoms with Crippen molar-refractivity contribution in [3.05, 3.63) is 0 Å². The van der Waals surface area contributed by atoms with Gasteiger partial charge in [-0.1, -0.05) is 11.8 Å². The smallest absolute Gasteiger partial charge is 0.109 e. The molecular weight excluding hydrogens is 210 g/mol. The molecule has 1 rings (SSSR count). The molecule has 1 heterocycles. The Kier molecular flexibility index (Phi) is 3.92. The standard InChI is InChI=1S/C6H12BO4PS/c1-12(9,13)11-4-2-6(7)10-5(4)3-8/h4-6,8H,2-3H2,1H3,(H,9,13)/p-1/t4-,5-,6-,12?/m1/s1. The van der Waals surface area contributed by atoms with Crippen LogP contribution in [0.5, 0.6) is 0 Å². The van der Waals surface area contributed by atoms with Gasteiger partial charge < -0.3 is 19.3 Å². The fourth-order valence-corrected chi connectivity index (χ4v) is 2.31. The van der Waals surface area contributed by atoms with E-state index in [1.807, 2.05) is 0 Å². The van der Waals surface area contributed by atoms with Crippen LogP contribution in [0, 0.1) is 0 Å². The van der Waals surface area contributed by atoms with E-state index in [4.69, 9.17) is 22.2 Å². The van der Waals surface area contributed by atoms with Crippen LogP contribution in [-0.2, 0) is 21.1 Å². The van der Waals surface area contributed by atoms with E-state index in [0.29, 0.717) is 6.42 Å². The molecular formula is C6H11BO4PS-. The van der Waals surface area contributed by atoms with Gasteiger partial charge in [0, 0.05) is 6.00 Å². The lowest BCUT2D eigenvalue weighted by Gasteiger charge is -2.28. The zero-order valence-electron chi connectivity index (χ0n) is 7.25. The first-order valence-electron chi connectivity index (χ1n) is 3.91. The van der Waals surface area contributed by atoms with Crippen molar-refractivity contribution in [1.29, 1.82) is 0 Å². The van der Waals surface area contributed by atoms with Gasteiger partial charge in [0.1, 0.15) is 14.0 Å². The Balaban J connectivity index is 2.54. The second-order valence-electron chi connectivity index (χ2n) is 3.05. The molecule has 74 valence electrons. The van der Waals surface area contributed by atoms with Crippen LogP contribution >= 0.6 is 6.49 Å². The maximum absolute atomic E-state index is 11.2. The molecule has 0 aromatic heterocycles. The molecule has 2 radical (unpaired) electrons. The first-order chi connectivity index (χ1) is 5.92. The summed E-state index contributed by atoms with van der Waals surface area (Å²) in [7, 11) is 5.47. The van der Waals surface area contributed by atoms with Gasteiger partial charge in [-0.2, -0.15) is 0 Å². The number of hydrogen-bond acceptors (Lipinski definition) is 5. The summed E-state index contributed by atoms with van der Waals surface area (Å²) in [6.07, 6.45) is -0.542. The fourth-order valence-electron chi connectivity index (χ4n) is 1.27. The van der Waals surface area contributed by atoms with E-state index in [1.54, 1.807) is 0 Å². The molecule has 4 nitrogen and oxygen atoms in total. The Morgan fingerprint density at radius 1 is 1.85 bits per heavy atom. The average Bonchev–Trinajstić information content (AvgIpc) is 2.27. The topological polar surface area (TPSA) is 61.8 Å². The predicted molar refractivity (Wildman–Crippen MR) is 51.2 cm³/mol. The van der Waals surface area contributed by atoms with Gasteiger partial charge >= 0.3 is 0 Å². The third kappa shape index (κ3) is 3.66. The Bertz CT molecular complexity index is 221. The summed E-state index contributed by atoms with van der Waals surface area (Å²) in [5.41, 5.74) is 0. The van der Waals surface area contributed by atoms with Crippen molar-refractivity contribution < 1.29 is 19.3 Å². The molecule has 0 aromatic carbocycles. The van der Waals surface area contributed by atoms with Crippen LogP contribution < -0.4 is 4.89 Å². The van der Waals surface area contributed by atoms with E-state index >= 15 is 0 Å². The molecule has 1 aliphatic heterocycles. The summed E-state index contributed by atoms with van der Waals surface area (Å²) >= 11 is 4.62. The molecule has 0 aliphatic carbocycles. The molecule has 4 atom stereocenters. The average molecular weight is 221 g/mol. The van der Waals surface area contributed by atoms with Gasteiger partial charge in [0.05, 0.1) is 12.7 Å².